The number of hydrogen-bond acceptors (Lipinski definition) is 5. The number of carbonyl (C=O) groups excluding carboxylic acids is 1. The zero-order valence-electron chi connectivity index (χ0n) is 13.5. The van der Waals surface area contributed by atoms with Gasteiger partial charge in [-0.3, -0.25) is 9.59 Å². The van der Waals surface area contributed by atoms with Crippen molar-refractivity contribution in [1.82, 2.24) is 9.62 Å². The molecular formula is C15H17FN2O6S. The van der Waals surface area contributed by atoms with Crippen molar-refractivity contribution < 1.29 is 31.9 Å². The van der Waals surface area contributed by atoms with Gasteiger partial charge < -0.3 is 14.8 Å². The maximum absolute atomic E-state index is 13.3. The summed E-state index contributed by atoms with van der Waals surface area (Å²) in [5.74, 6) is -2.29. The number of carboxylic acids is 1. The molecule has 0 saturated carbocycles. The van der Waals surface area contributed by atoms with E-state index in [1.165, 1.54) is 19.9 Å². The van der Waals surface area contributed by atoms with E-state index < -0.39 is 32.9 Å². The van der Waals surface area contributed by atoms with E-state index in [1.54, 1.807) is 0 Å². The predicted octanol–water partition coefficient (Wildman–Crippen LogP) is 1.17. The fourth-order valence-electron chi connectivity index (χ4n) is 2.22. The number of rotatable bonds is 7. The molecule has 0 aliphatic heterocycles. The van der Waals surface area contributed by atoms with Crippen LogP contribution in [0, 0.1) is 5.82 Å². The van der Waals surface area contributed by atoms with Gasteiger partial charge in [0.05, 0.1) is 0 Å². The molecule has 136 valence electrons. The zero-order valence-corrected chi connectivity index (χ0v) is 14.3. The highest BCUT2D eigenvalue weighted by Crippen LogP contribution is 2.26. The SMILES string of the molecule is CC(=O)NCCN(C(C)C(=O)O)S(=O)(=O)c1cc2cc(F)ccc2o1. The Balaban J connectivity index is 2.40. The van der Waals surface area contributed by atoms with E-state index >= 15 is 0 Å². The van der Waals surface area contributed by atoms with Gasteiger partial charge in [0.2, 0.25) is 11.0 Å². The molecule has 0 aliphatic rings. The molecule has 25 heavy (non-hydrogen) atoms. The number of halogens is 1. The van der Waals surface area contributed by atoms with Crippen LogP contribution in [0.1, 0.15) is 13.8 Å². The molecule has 10 heteroatoms. The molecule has 0 fully saturated rings. The smallest absolute Gasteiger partial charge is 0.321 e. The number of nitrogens with zero attached hydrogens (tertiary/aromatic N) is 1. The van der Waals surface area contributed by atoms with Gasteiger partial charge in [-0.1, -0.05) is 0 Å². The summed E-state index contributed by atoms with van der Waals surface area (Å²) in [7, 11) is -4.31. The molecule has 1 aromatic heterocycles. The molecule has 0 aliphatic carbocycles. The number of sulfonamides is 1. The molecule has 0 radical (unpaired) electrons. The lowest BCUT2D eigenvalue weighted by molar-refractivity contribution is -0.140. The van der Waals surface area contributed by atoms with Gasteiger partial charge in [0.15, 0.2) is 0 Å². The maximum atomic E-state index is 13.3. The highest BCUT2D eigenvalue weighted by Gasteiger charge is 2.35. The summed E-state index contributed by atoms with van der Waals surface area (Å²) >= 11 is 0. The minimum atomic E-state index is -4.31. The lowest BCUT2D eigenvalue weighted by Crippen LogP contribution is -2.46. The van der Waals surface area contributed by atoms with Gasteiger partial charge in [0.1, 0.15) is 17.4 Å². The Bertz CT molecular complexity index is 908. The second-order valence-electron chi connectivity index (χ2n) is 5.36. The van der Waals surface area contributed by atoms with Crippen molar-refractivity contribution in [2.75, 3.05) is 13.1 Å². The third kappa shape index (κ3) is 4.15. The molecular weight excluding hydrogens is 355 g/mol. The number of nitrogens with one attached hydrogen (secondary N) is 1. The van der Waals surface area contributed by atoms with Crippen LogP contribution in [-0.2, 0) is 19.6 Å². The van der Waals surface area contributed by atoms with Gasteiger partial charge in [0.25, 0.3) is 10.0 Å². The second kappa shape index (κ2) is 7.19. The van der Waals surface area contributed by atoms with Crippen molar-refractivity contribution in [3.05, 3.63) is 30.1 Å². The van der Waals surface area contributed by atoms with Gasteiger partial charge in [-0.05, 0) is 25.1 Å². The van der Waals surface area contributed by atoms with Crippen molar-refractivity contribution >= 4 is 32.9 Å². The van der Waals surface area contributed by atoms with Crippen LogP contribution in [0.15, 0.2) is 33.8 Å². The summed E-state index contributed by atoms with van der Waals surface area (Å²) in [6, 6.07) is 3.26. The van der Waals surface area contributed by atoms with E-state index in [9.17, 15) is 27.5 Å². The maximum Gasteiger partial charge on any atom is 0.321 e. The van der Waals surface area contributed by atoms with Crippen molar-refractivity contribution in [3.63, 3.8) is 0 Å². The highest BCUT2D eigenvalue weighted by molar-refractivity contribution is 7.89. The molecule has 8 nitrogen and oxygen atoms in total. The number of furan rings is 1. The Labute approximate surface area is 143 Å². The van der Waals surface area contributed by atoms with Crippen LogP contribution in [0.2, 0.25) is 0 Å². The molecule has 2 rings (SSSR count). The molecule has 2 N–H and O–H groups in total. The number of aliphatic carboxylic acids is 1. The lowest BCUT2D eigenvalue weighted by Gasteiger charge is -2.24. The Morgan fingerprint density at radius 2 is 2.04 bits per heavy atom. The minimum absolute atomic E-state index is 0.0684. The third-order valence-electron chi connectivity index (χ3n) is 3.51. The summed E-state index contributed by atoms with van der Waals surface area (Å²) in [4.78, 5) is 22.2. The molecule has 0 spiro atoms. The molecule has 1 amide bonds. The van der Waals surface area contributed by atoms with Crippen LogP contribution in [0.5, 0.6) is 0 Å². The molecule has 1 heterocycles. The van der Waals surface area contributed by atoms with Crippen LogP contribution >= 0.6 is 0 Å². The number of amides is 1. The van der Waals surface area contributed by atoms with Gasteiger partial charge in [-0.25, -0.2) is 12.8 Å². The van der Waals surface area contributed by atoms with Crippen molar-refractivity contribution in [2.24, 2.45) is 0 Å². The molecule has 1 aromatic carbocycles. The van der Waals surface area contributed by atoms with Crippen LogP contribution in [0.3, 0.4) is 0 Å². The first-order chi connectivity index (χ1) is 11.6. The lowest BCUT2D eigenvalue weighted by atomic mass is 10.2. The van der Waals surface area contributed by atoms with Gasteiger partial charge >= 0.3 is 5.97 Å². The standard InChI is InChI=1S/C15H17FN2O6S/c1-9(15(20)21)18(6-5-17-10(2)19)25(22,23)14-8-11-7-12(16)3-4-13(11)24-14/h3-4,7-9H,5-6H2,1-2H3,(H,17,19)(H,20,21). The van der Waals surface area contributed by atoms with Gasteiger partial charge in [-0.15, -0.1) is 0 Å². The predicted molar refractivity (Wildman–Crippen MR) is 85.8 cm³/mol. The Morgan fingerprint density at radius 1 is 1.36 bits per heavy atom. The van der Waals surface area contributed by atoms with E-state index in [1.807, 2.05) is 0 Å². The fraction of sp³-hybridized carbons (Fsp3) is 0.333. The van der Waals surface area contributed by atoms with Gasteiger partial charge in [-0.2, -0.15) is 4.31 Å². The molecule has 1 unspecified atom stereocenters. The molecule has 1 atom stereocenters. The third-order valence-corrected chi connectivity index (χ3v) is 5.34. The normalized spacial score (nSPS) is 13.1. The number of fused-ring (bicyclic) bond motifs is 1. The fourth-order valence-corrected chi connectivity index (χ4v) is 3.76. The second-order valence-corrected chi connectivity index (χ2v) is 7.18. The summed E-state index contributed by atoms with van der Waals surface area (Å²) in [6.07, 6.45) is 0. The van der Waals surface area contributed by atoms with E-state index in [0.717, 1.165) is 18.2 Å². The molecule has 0 bridgehead atoms. The molecule has 0 saturated heterocycles. The topological polar surface area (TPSA) is 117 Å². The number of hydrogen-bond donors (Lipinski definition) is 2. The molecule has 2 aromatic rings. The van der Waals surface area contributed by atoms with E-state index in [0.29, 0.717) is 4.31 Å². The monoisotopic (exact) mass is 372 g/mol. The number of benzene rings is 1. The Morgan fingerprint density at radius 3 is 2.64 bits per heavy atom. The Hall–Kier alpha value is -2.46. The van der Waals surface area contributed by atoms with E-state index in [-0.39, 0.29) is 30.0 Å². The highest BCUT2D eigenvalue weighted by atomic mass is 32.2. The zero-order chi connectivity index (χ0) is 18.8. The first kappa shape index (κ1) is 18.9. The first-order valence-corrected chi connectivity index (χ1v) is 8.75. The van der Waals surface area contributed by atoms with Crippen molar-refractivity contribution in [3.8, 4) is 0 Å². The van der Waals surface area contributed by atoms with Crippen molar-refractivity contribution in [1.29, 1.82) is 0 Å². The van der Waals surface area contributed by atoms with Crippen LogP contribution in [0.25, 0.3) is 11.0 Å². The summed E-state index contributed by atoms with van der Waals surface area (Å²) < 4.78 is 44.8. The average molecular weight is 372 g/mol. The minimum Gasteiger partial charge on any atom is -0.480 e. The largest absolute Gasteiger partial charge is 0.480 e. The Kier molecular flexibility index (Phi) is 5.43. The van der Waals surface area contributed by atoms with Crippen LogP contribution < -0.4 is 5.32 Å². The summed E-state index contributed by atoms with van der Waals surface area (Å²) in [5, 5.41) is 11.3. The van der Waals surface area contributed by atoms with Crippen LogP contribution in [0.4, 0.5) is 4.39 Å². The number of carboxylic acid groups (broad SMARTS) is 1. The first-order valence-electron chi connectivity index (χ1n) is 7.31. The quantitative estimate of drug-likeness (QED) is 0.754. The van der Waals surface area contributed by atoms with Crippen molar-refractivity contribution in [2.45, 2.75) is 25.0 Å². The number of carbonyl (C=O) groups is 2. The van der Waals surface area contributed by atoms with E-state index in [2.05, 4.69) is 5.32 Å². The summed E-state index contributed by atoms with van der Waals surface area (Å²) in [5.41, 5.74) is 0.157. The van der Waals surface area contributed by atoms with Gasteiger partial charge in [0, 0.05) is 31.5 Å². The average Bonchev–Trinajstić information content (AvgIpc) is 2.94. The van der Waals surface area contributed by atoms with Crippen LogP contribution in [-0.4, -0.2) is 48.8 Å². The summed E-state index contributed by atoms with van der Waals surface area (Å²) in [6.45, 7) is 2.13. The van der Waals surface area contributed by atoms with E-state index in [4.69, 9.17) is 4.42 Å².